The minimum Gasteiger partial charge on any atom is -0.476 e. The Balaban J connectivity index is 0.608. The highest BCUT2D eigenvalue weighted by atomic mass is 16.5. The van der Waals surface area contributed by atoms with E-state index in [1.165, 1.54) is 0 Å². The van der Waals surface area contributed by atoms with Crippen LogP contribution in [0.2, 0.25) is 0 Å². The minimum atomic E-state index is -0.701. The van der Waals surface area contributed by atoms with Crippen LogP contribution in [0, 0.1) is 5.92 Å². The Labute approximate surface area is 547 Å². The molecule has 14 rings (SSSR count). The Bertz CT molecular complexity index is 4420. The van der Waals surface area contributed by atoms with Crippen LogP contribution in [-0.4, -0.2) is 137 Å². The van der Waals surface area contributed by atoms with Crippen molar-refractivity contribution >= 4 is 35.2 Å². The number of fused-ring (bicyclic) bond motifs is 3. The zero-order valence-corrected chi connectivity index (χ0v) is 53.9. The van der Waals surface area contributed by atoms with Crippen LogP contribution in [-0.2, 0) is 39.4 Å². The van der Waals surface area contributed by atoms with Crippen molar-refractivity contribution in [2.45, 2.75) is 141 Å². The number of pyridine rings is 6. The van der Waals surface area contributed by atoms with Gasteiger partial charge in [-0.1, -0.05) is 18.2 Å². The van der Waals surface area contributed by atoms with E-state index in [9.17, 15) is 19.5 Å². The van der Waals surface area contributed by atoms with Gasteiger partial charge in [-0.3, -0.25) is 28.4 Å². The van der Waals surface area contributed by atoms with E-state index in [-0.39, 0.29) is 41.0 Å². The van der Waals surface area contributed by atoms with Gasteiger partial charge in [-0.05, 0) is 115 Å². The van der Waals surface area contributed by atoms with Crippen molar-refractivity contribution in [2.24, 2.45) is 13.0 Å². The fourth-order valence-electron chi connectivity index (χ4n) is 12.3. The molecule has 3 aliphatic heterocycles. The van der Waals surface area contributed by atoms with Gasteiger partial charge in [0.2, 0.25) is 35.3 Å². The smallest absolute Gasteiger partial charge is 0.262 e. The number of nitrogens with zero attached hydrogens (tertiary/aromatic N) is 12. The summed E-state index contributed by atoms with van der Waals surface area (Å²) in [4.78, 5) is 70.8. The summed E-state index contributed by atoms with van der Waals surface area (Å²) in [6.07, 6.45) is 15.5. The van der Waals surface area contributed by atoms with Gasteiger partial charge >= 0.3 is 0 Å². The van der Waals surface area contributed by atoms with Crippen LogP contribution in [0.15, 0.2) is 110 Å². The van der Waals surface area contributed by atoms with Crippen LogP contribution >= 0.6 is 0 Å². The number of carbonyl (C=O) groups is 3. The molecule has 3 unspecified atom stereocenters. The Kier molecular flexibility index (Phi) is 16.5. The number of carbonyl (C=O) groups excluding carboxylic acids is 3. The number of aryl methyl sites for hydroxylation is 3. The van der Waals surface area contributed by atoms with E-state index in [1.54, 1.807) is 53.6 Å². The molecule has 490 valence electrons. The second-order valence-corrected chi connectivity index (χ2v) is 26.4. The largest absolute Gasteiger partial charge is 0.476 e. The van der Waals surface area contributed by atoms with Crippen LogP contribution in [0.25, 0.3) is 33.8 Å². The van der Waals surface area contributed by atoms with E-state index in [4.69, 9.17) is 48.4 Å². The predicted octanol–water partition coefficient (Wildman–Crippen LogP) is 8.90. The second-order valence-electron chi connectivity index (χ2n) is 26.4. The van der Waals surface area contributed by atoms with Gasteiger partial charge in [0.25, 0.3) is 17.7 Å². The van der Waals surface area contributed by atoms with Crippen molar-refractivity contribution in [2.75, 3.05) is 36.1 Å². The van der Waals surface area contributed by atoms with E-state index in [0.717, 1.165) is 46.2 Å². The second kappa shape index (κ2) is 25.2. The molecule has 0 spiro atoms. The Morgan fingerprint density at radius 2 is 1.07 bits per heavy atom. The molecule has 26 heteroatoms. The summed E-state index contributed by atoms with van der Waals surface area (Å²) in [7, 11) is 3.65. The molecule has 9 aromatic heterocycles. The third-order valence-electron chi connectivity index (χ3n) is 17.7. The maximum Gasteiger partial charge on any atom is 0.262 e. The first-order valence-corrected chi connectivity index (χ1v) is 32.1. The highest BCUT2D eigenvalue weighted by Gasteiger charge is 2.41. The normalized spacial score (nSPS) is 19.8. The van der Waals surface area contributed by atoms with E-state index >= 15 is 0 Å². The number of amides is 3. The lowest BCUT2D eigenvalue weighted by Gasteiger charge is -2.31. The number of aliphatic hydroxyl groups is 1. The molecule has 12 heterocycles. The van der Waals surface area contributed by atoms with Crippen LogP contribution < -0.4 is 49.7 Å². The van der Waals surface area contributed by atoms with E-state index in [2.05, 4.69) is 46.5 Å². The van der Waals surface area contributed by atoms with Crippen LogP contribution in [0.5, 0.6) is 35.3 Å². The third kappa shape index (κ3) is 13.9. The first-order chi connectivity index (χ1) is 45.7. The molecule has 9 aromatic rings. The van der Waals surface area contributed by atoms with Gasteiger partial charge in [0.15, 0.2) is 0 Å². The van der Waals surface area contributed by atoms with E-state index in [0.29, 0.717) is 135 Å². The van der Waals surface area contributed by atoms with Crippen molar-refractivity contribution in [1.82, 2.24) is 64.6 Å². The number of hydrogen-bond donors (Lipinski definition) is 5. The summed E-state index contributed by atoms with van der Waals surface area (Å²) >= 11 is 0. The molecule has 2 fully saturated rings. The first kappa shape index (κ1) is 62.1. The lowest BCUT2D eigenvalue weighted by Crippen LogP contribution is -2.38. The lowest BCUT2D eigenvalue weighted by atomic mass is 9.92. The number of likely N-dealkylation sites (N-methyl/N-ethyl adjacent to an activating group) is 1. The highest BCUT2D eigenvalue weighted by Crippen LogP contribution is 2.43. The third-order valence-corrected chi connectivity index (χ3v) is 17.7. The molecule has 0 bridgehead atoms. The molecule has 0 saturated heterocycles. The number of hydrogen-bond acceptors (Lipinski definition) is 20. The summed E-state index contributed by atoms with van der Waals surface area (Å²) in [6.45, 7) is 11.9. The first-order valence-electron chi connectivity index (χ1n) is 32.1. The lowest BCUT2D eigenvalue weighted by molar-refractivity contribution is -0.0135. The maximum absolute atomic E-state index is 14.5. The molecule has 5 aliphatic rings. The van der Waals surface area contributed by atoms with Crippen molar-refractivity contribution in [3.8, 4) is 69.1 Å². The predicted molar refractivity (Wildman–Crippen MR) is 349 cm³/mol. The molecule has 3 atom stereocenters. The van der Waals surface area contributed by atoms with E-state index in [1.807, 2.05) is 119 Å². The Hall–Kier alpha value is -10.3. The zero-order valence-electron chi connectivity index (χ0n) is 53.9. The molecule has 2 aliphatic carbocycles. The molecular formula is C69H74N16O10. The number of anilines is 3. The van der Waals surface area contributed by atoms with Crippen molar-refractivity contribution < 1.29 is 47.9 Å². The molecule has 3 amide bonds. The van der Waals surface area contributed by atoms with Gasteiger partial charge in [0, 0.05) is 124 Å². The van der Waals surface area contributed by atoms with Gasteiger partial charge in [-0.25, -0.2) is 15.0 Å². The monoisotopic (exact) mass is 1290 g/mol. The minimum absolute atomic E-state index is 0.124. The summed E-state index contributed by atoms with van der Waals surface area (Å²) in [6, 6.07) is 21.6. The molecule has 5 N–H and O–H groups in total. The highest BCUT2D eigenvalue weighted by molar-refractivity contribution is 6.07. The van der Waals surface area contributed by atoms with Crippen LogP contribution in [0.1, 0.15) is 121 Å². The number of rotatable bonds is 24. The average molecular weight is 1290 g/mol. The van der Waals surface area contributed by atoms with Gasteiger partial charge in [0.1, 0.15) is 69.8 Å². The van der Waals surface area contributed by atoms with Crippen molar-refractivity contribution in [3.05, 3.63) is 143 Å². The van der Waals surface area contributed by atoms with Crippen LogP contribution in [0.4, 0.5) is 17.5 Å². The number of aromatic nitrogens is 12. The number of aliphatic hydroxyl groups excluding tert-OH is 1. The average Bonchev–Trinajstić information content (AvgIpc) is 1.67. The summed E-state index contributed by atoms with van der Waals surface area (Å²) in [5.74, 6) is 1.90. The standard InChI is InChI=1S/C69H74N16O10/c1-39(40-17-18-40)91-65-50(26-42-31-68(4,94-62(42)81-65)19-22-84-37-45(34-72-84)53-12-9-15-56(75-53)77-58(87)49-25-41-30-67(2,3)93-61(41)80-64(49)90-24-21-70-6)59(88)78-57-16-10-13-54(76-57)46-35-73-85(38-46)23-20-69(5)32-43-27-51(66(82-63(43)95-69)92-48-28-47(86)29-48)60(89)79-55-14-8-11-52(74-55)44-33-71-83(7)36-44/h8-16,25-27,33-40,47-48,70,86H,17-24,28-32H2,1-7H3,(H,74,79,89)(H,75,77,87)(H,76,78,88). The molecule has 2 saturated carbocycles. The Morgan fingerprint density at radius 3 is 1.57 bits per heavy atom. The number of nitrogens with one attached hydrogen (secondary N) is 4. The zero-order chi connectivity index (χ0) is 65.8. The molecule has 95 heavy (non-hydrogen) atoms. The van der Waals surface area contributed by atoms with Gasteiger partial charge in [-0.15, -0.1) is 0 Å². The molecule has 0 radical (unpaired) electrons. The van der Waals surface area contributed by atoms with Crippen molar-refractivity contribution in [3.63, 3.8) is 0 Å². The van der Waals surface area contributed by atoms with Gasteiger partial charge in [-0.2, -0.15) is 30.2 Å². The fourth-order valence-corrected chi connectivity index (χ4v) is 12.3. The summed E-state index contributed by atoms with van der Waals surface area (Å²) in [5.41, 5.74) is 5.51. The van der Waals surface area contributed by atoms with Gasteiger partial charge < -0.3 is 54.8 Å². The van der Waals surface area contributed by atoms with Crippen LogP contribution in [0.3, 0.4) is 0 Å². The fraction of sp³-hybridized carbons (Fsp3) is 0.391. The summed E-state index contributed by atoms with van der Waals surface area (Å²) in [5, 5.41) is 35.6. The SMILES string of the molecule is CNCCOc1nc2c(cc1C(=O)Nc1cccc(-c3cnn(CCC4(C)Cc5cc(C(=O)Nc6cccc(-c7cnn(CCC8(C)Cc9cc(C(=O)Nc%10cccc(-c%11cnn(C)c%11)n%10)c(OC%10CC(O)C%10)nc9O8)c7)n6)c(OC(C)C6CC6)nc5O4)c3)n1)CC(C)(C)O2. The topological polar surface area (TPSA) is 306 Å². The number of ether oxygens (including phenoxy) is 6. The Morgan fingerprint density at radius 1 is 0.611 bits per heavy atom. The quantitative estimate of drug-likeness (QED) is 0.0353. The van der Waals surface area contributed by atoms with Gasteiger partial charge in [0.05, 0.1) is 41.8 Å². The molecule has 26 nitrogen and oxygen atoms in total. The summed E-state index contributed by atoms with van der Waals surface area (Å²) < 4.78 is 43.2. The van der Waals surface area contributed by atoms with Crippen molar-refractivity contribution in [1.29, 1.82) is 0 Å². The molecular weight excluding hydrogens is 1210 g/mol. The van der Waals surface area contributed by atoms with E-state index < -0.39 is 40.6 Å². The molecule has 0 aromatic carbocycles. The maximum atomic E-state index is 14.5.